The molecule has 1 aromatic carbocycles. The fourth-order valence-corrected chi connectivity index (χ4v) is 3.41. The molecule has 0 fully saturated rings. The number of aromatic nitrogens is 2. The standard InChI is InChI=1S/C19H21N5OS/c1-24(2)16(17-9-6-12-26-17)13-20-18-11-10-15(22-23-18)19(25)21-14-7-4-3-5-8-14/h3-12,16H,13H2,1-2H3,(H,20,23)(H,21,25). The second-order valence-corrected chi connectivity index (χ2v) is 6.98. The first-order valence-electron chi connectivity index (χ1n) is 8.27. The van der Waals surface area contributed by atoms with Gasteiger partial charge in [0.1, 0.15) is 5.82 Å². The lowest BCUT2D eigenvalue weighted by molar-refractivity contribution is 0.102. The average molecular weight is 367 g/mol. The van der Waals surface area contributed by atoms with Crippen molar-refractivity contribution in [3.8, 4) is 0 Å². The predicted molar refractivity (Wildman–Crippen MR) is 106 cm³/mol. The molecule has 0 saturated carbocycles. The van der Waals surface area contributed by atoms with Gasteiger partial charge in [0.25, 0.3) is 5.91 Å². The lowest BCUT2D eigenvalue weighted by Gasteiger charge is -2.23. The number of carbonyl (C=O) groups is 1. The average Bonchev–Trinajstić information content (AvgIpc) is 3.17. The summed E-state index contributed by atoms with van der Waals surface area (Å²) in [4.78, 5) is 15.6. The van der Waals surface area contributed by atoms with Crippen LogP contribution in [0.1, 0.15) is 21.4 Å². The van der Waals surface area contributed by atoms with Crippen molar-refractivity contribution in [3.63, 3.8) is 0 Å². The molecule has 1 amide bonds. The SMILES string of the molecule is CN(C)C(CNc1ccc(C(=O)Nc2ccccc2)nn1)c1cccs1. The van der Waals surface area contributed by atoms with Crippen molar-refractivity contribution in [2.75, 3.05) is 31.3 Å². The maximum Gasteiger partial charge on any atom is 0.276 e. The summed E-state index contributed by atoms with van der Waals surface area (Å²) in [6.45, 7) is 0.706. The van der Waals surface area contributed by atoms with Crippen molar-refractivity contribution >= 4 is 28.7 Å². The zero-order chi connectivity index (χ0) is 18.4. The second kappa shape index (κ2) is 8.55. The van der Waals surface area contributed by atoms with E-state index < -0.39 is 0 Å². The molecule has 3 aromatic rings. The number of nitrogens with one attached hydrogen (secondary N) is 2. The van der Waals surface area contributed by atoms with Crippen molar-refractivity contribution in [3.05, 3.63) is 70.5 Å². The number of amides is 1. The molecule has 0 aliphatic rings. The molecule has 0 aliphatic carbocycles. The normalized spacial score (nSPS) is 12.0. The van der Waals surface area contributed by atoms with Crippen LogP contribution in [0.5, 0.6) is 0 Å². The van der Waals surface area contributed by atoms with E-state index in [1.165, 1.54) is 4.88 Å². The Hall–Kier alpha value is -2.77. The van der Waals surface area contributed by atoms with E-state index in [-0.39, 0.29) is 17.6 Å². The molecule has 1 atom stereocenters. The van der Waals surface area contributed by atoms with Crippen LogP contribution in [-0.4, -0.2) is 41.6 Å². The zero-order valence-corrected chi connectivity index (χ0v) is 15.5. The van der Waals surface area contributed by atoms with Gasteiger partial charge < -0.3 is 15.5 Å². The number of benzene rings is 1. The molecule has 2 N–H and O–H groups in total. The van der Waals surface area contributed by atoms with Gasteiger partial charge in [0.2, 0.25) is 0 Å². The van der Waals surface area contributed by atoms with Gasteiger partial charge in [0.15, 0.2) is 5.69 Å². The minimum Gasteiger partial charge on any atom is -0.367 e. The van der Waals surface area contributed by atoms with Crippen LogP contribution in [0.2, 0.25) is 0 Å². The number of thiophene rings is 1. The quantitative estimate of drug-likeness (QED) is 0.669. The van der Waals surface area contributed by atoms with Crippen LogP contribution in [-0.2, 0) is 0 Å². The van der Waals surface area contributed by atoms with Gasteiger partial charge in [-0.25, -0.2) is 0 Å². The smallest absolute Gasteiger partial charge is 0.276 e. The molecule has 134 valence electrons. The van der Waals surface area contributed by atoms with Crippen LogP contribution in [0.3, 0.4) is 0 Å². The Balaban J connectivity index is 1.59. The lowest BCUT2D eigenvalue weighted by atomic mass is 10.2. The van der Waals surface area contributed by atoms with Gasteiger partial charge in [0, 0.05) is 17.1 Å². The Bertz CT molecular complexity index is 819. The number of likely N-dealkylation sites (N-methyl/N-ethyl adjacent to an activating group) is 1. The first-order chi connectivity index (χ1) is 12.6. The number of para-hydroxylation sites is 1. The summed E-state index contributed by atoms with van der Waals surface area (Å²) >= 11 is 1.73. The monoisotopic (exact) mass is 367 g/mol. The summed E-state index contributed by atoms with van der Waals surface area (Å²) in [5, 5.41) is 16.3. The highest BCUT2D eigenvalue weighted by molar-refractivity contribution is 7.10. The van der Waals surface area contributed by atoms with Crippen LogP contribution in [0, 0.1) is 0 Å². The number of nitrogens with zero attached hydrogens (tertiary/aromatic N) is 3. The first kappa shape index (κ1) is 18.0. The number of rotatable bonds is 7. The van der Waals surface area contributed by atoms with Crippen LogP contribution in [0.4, 0.5) is 11.5 Å². The number of hydrogen-bond acceptors (Lipinski definition) is 6. The third kappa shape index (κ3) is 4.65. The van der Waals surface area contributed by atoms with E-state index in [1.807, 2.05) is 30.3 Å². The van der Waals surface area contributed by atoms with Crippen LogP contribution < -0.4 is 10.6 Å². The lowest BCUT2D eigenvalue weighted by Crippen LogP contribution is -2.26. The van der Waals surface area contributed by atoms with E-state index >= 15 is 0 Å². The number of anilines is 2. The Kier molecular flexibility index (Phi) is 5.93. The highest BCUT2D eigenvalue weighted by atomic mass is 32.1. The largest absolute Gasteiger partial charge is 0.367 e. The molecule has 6 nitrogen and oxygen atoms in total. The van der Waals surface area contributed by atoms with Crippen LogP contribution >= 0.6 is 11.3 Å². The summed E-state index contributed by atoms with van der Waals surface area (Å²) in [5.74, 6) is 0.365. The van der Waals surface area contributed by atoms with Gasteiger partial charge in [-0.15, -0.1) is 21.5 Å². The summed E-state index contributed by atoms with van der Waals surface area (Å²) in [6, 6.07) is 17.1. The van der Waals surface area contributed by atoms with Crippen molar-refractivity contribution in [2.24, 2.45) is 0 Å². The molecular weight excluding hydrogens is 346 g/mol. The Morgan fingerprint density at radius 2 is 1.88 bits per heavy atom. The van der Waals surface area contributed by atoms with E-state index in [0.29, 0.717) is 12.4 Å². The molecule has 3 rings (SSSR count). The van der Waals surface area contributed by atoms with Crippen molar-refractivity contribution < 1.29 is 4.79 Å². The Labute approximate surface area is 156 Å². The van der Waals surface area contributed by atoms with Gasteiger partial charge >= 0.3 is 0 Å². The molecular formula is C19H21N5OS. The molecule has 0 aliphatic heterocycles. The minimum absolute atomic E-state index is 0.248. The molecule has 0 saturated heterocycles. The van der Waals surface area contributed by atoms with Crippen molar-refractivity contribution in [1.29, 1.82) is 0 Å². The third-order valence-electron chi connectivity index (χ3n) is 3.90. The minimum atomic E-state index is -0.278. The number of carbonyl (C=O) groups excluding carboxylic acids is 1. The fraction of sp³-hybridized carbons (Fsp3) is 0.211. The maximum atomic E-state index is 12.2. The predicted octanol–water partition coefficient (Wildman–Crippen LogP) is 3.51. The van der Waals surface area contributed by atoms with Gasteiger partial charge in [-0.05, 0) is 49.8 Å². The molecule has 0 radical (unpaired) electrons. The first-order valence-corrected chi connectivity index (χ1v) is 9.15. The fourth-order valence-electron chi connectivity index (χ4n) is 2.48. The maximum absolute atomic E-state index is 12.2. The Morgan fingerprint density at radius 1 is 1.08 bits per heavy atom. The summed E-state index contributed by atoms with van der Waals surface area (Å²) < 4.78 is 0. The summed E-state index contributed by atoms with van der Waals surface area (Å²) in [5.41, 5.74) is 1.01. The molecule has 2 heterocycles. The zero-order valence-electron chi connectivity index (χ0n) is 14.7. The van der Waals surface area contributed by atoms with E-state index in [1.54, 1.807) is 23.5 Å². The molecule has 26 heavy (non-hydrogen) atoms. The molecule has 1 unspecified atom stereocenters. The van der Waals surface area contributed by atoms with E-state index in [2.05, 4.69) is 57.3 Å². The van der Waals surface area contributed by atoms with E-state index in [9.17, 15) is 4.79 Å². The van der Waals surface area contributed by atoms with Gasteiger partial charge in [-0.3, -0.25) is 4.79 Å². The molecule has 7 heteroatoms. The molecule has 0 bridgehead atoms. The van der Waals surface area contributed by atoms with Crippen LogP contribution in [0.25, 0.3) is 0 Å². The van der Waals surface area contributed by atoms with E-state index in [4.69, 9.17) is 0 Å². The van der Waals surface area contributed by atoms with Gasteiger partial charge in [0.05, 0.1) is 6.04 Å². The highest BCUT2D eigenvalue weighted by Gasteiger charge is 2.15. The van der Waals surface area contributed by atoms with Crippen molar-refractivity contribution in [2.45, 2.75) is 6.04 Å². The molecule has 2 aromatic heterocycles. The van der Waals surface area contributed by atoms with Gasteiger partial charge in [-0.2, -0.15) is 0 Å². The van der Waals surface area contributed by atoms with Gasteiger partial charge in [-0.1, -0.05) is 24.3 Å². The Morgan fingerprint density at radius 3 is 2.50 bits per heavy atom. The second-order valence-electron chi connectivity index (χ2n) is 6.00. The van der Waals surface area contributed by atoms with Crippen LogP contribution in [0.15, 0.2) is 60.0 Å². The summed E-state index contributed by atoms with van der Waals surface area (Å²) in [6.07, 6.45) is 0. The topological polar surface area (TPSA) is 70.2 Å². The molecule has 0 spiro atoms. The number of hydrogen-bond donors (Lipinski definition) is 2. The summed E-state index contributed by atoms with van der Waals surface area (Å²) in [7, 11) is 4.10. The van der Waals surface area contributed by atoms with Crippen molar-refractivity contribution in [1.82, 2.24) is 15.1 Å². The highest BCUT2D eigenvalue weighted by Crippen LogP contribution is 2.23. The third-order valence-corrected chi connectivity index (χ3v) is 4.87. The van der Waals surface area contributed by atoms with E-state index in [0.717, 1.165) is 5.69 Å².